The molecule has 0 saturated carbocycles. The monoisotopic (exact) mass is 260 g/mol. The maximum Gasteiger partial charge on any atom is 0.271 e. The molecule has 19 heavy (non-hydrogen) atoms. The van der Waals surface area contributed by atoms with Crippen molar-refractivity contribution < 1.29 is 13.6 Å². The van der Waals surface area contributed by atoms with Gasteiger partial charge in [0.2, 0.25) is 0 Å². The molecule has 1 amide bonds. The van der Waals surface area contributed by atoms with Gasteiger partial charge in [0.15, 0.2) is 0 Å². The zero-order chi connectivity index (χ0) is 13.7. The minimum absolute atomic E-state index is 0.163. The predicted molar refractivity (Wildman–Crippen MR) is 67.9 cm³/mol. The topological polar surface area (TPSA) is 41.5 Å². The molecule has 1 N–H and O–H groups in total. The first-order valence-corrected chi connectivity index (χ1v) is 5.50. The fraction of sp³-hybridized carbons (Fsp3) is 0. The van der Waals surface area contributed by atoms with E-state index in [2.05, 4.69) is 10.5 Å². The Labute approximate surface area is 108 Å². The molecular weight excluding hydrogens is 250 g/mol. The second-order valence-electron chi connectivity index (χ2n) is 3.76. The molecule has 5 heteroatoms. The van der Waals surface area contributed by atoms with Gasteiger partial charge in [0.25, 0.3) is 5.91 Å². The van der Waals surface area contributed by atoms with E-state index in [0.29, 0.717) is 5.56 Å². The van der Waals surface area contributed by atoms with Gasteiger partial charge in [0.05, 0.1) is 6.21 Å². The highest BCUT2D eigenvalue weighted by Crippen LogP contribution is 2.03. The van der Waals surface area contributed by atoms with Crippen LogP contribution in [0.4, 0.5) is 8.78 Å². The Morgan fingerprint density at radius 1 is 1.05 bits per heavy atom. The van der Waals surface area contributed by atoms with E-state index in [9.17, 15) is 13.6 Å². The summed E-state index contributed by atoms with van der Waals surface area (Å²) in [5, 5.41) is 3.68. The number of carbonyl (C=O) groups is 1. The zero-order valence-electron chi connectivity index (χ0n) is 9.81. The zero-order valence-corrected chi connectivity index (χ0v) is 9.81. The highest BCUT2D eigenvalue weighted by Gasteiger charge is 2.04. The average Bonchev–Trinajstić information content (AvgIpc) is 2.38. The third kappa shape index (κ3) is 3.70. The molecule has 3 nitrogen and oxygen atoms in total. The molecule has 0 aliphatic rings. The summed E-state index contributed by atoms with van der Waals surface area (Å²) in [6.45, 7) is 0. The van der Waals surface area contributed by atoms with E-state index in [4.69, 9.17) is 0 Å². The molecule has 0 aliphatic carbocycles. The number of hydrogen-bond acceptors (Lipinski definition) is 2. The Morgan fingerprint density at radius 3 is 2.42 bits per heavy atom. The lowest BCUT2D eigenvalue weighted by molar-refractivity contribution is 0.0954. The Morgan fingerprint density at radius 2 is 1.74 bits per heavy atom. The van der Waals surface area contributed by atoms with E-state index in [1.165, 1.54) is 42.6 Å². The lowest BCUT2D eigenvalue weighted by Crippen LogP contribution is -2.17. The van der Waals surface area contributed by atoms with Crippen molar-refractivity contribution >= 4 is 12.1 Å². The van der Waals surface area contributed by atoms with Gasteiger partial charge in [0, 0.05) is 5.56 Å². The molecule has 0 radical (unpaired) electrons. The summed E-state index contributed by atoms with van der Waals surface area (Å²) in [6, 6.07) is 11.0. The number of hydrazone groups is 1. The van der Waals surface area contributed by atoms with Crippen LogP contribution in [0.5, 0.6) is 0 Å². The second-order valence-corrected chi connectivity index (χ2v) is 3.76. The van der Waals surface area contributed by atoms with Gasteiger partial charge in [0.1, 0.15) is 11.6 Å². The summed E-state index contributed by atoms with van der Waals surface area (Å²) >= 11 is 0. The molecule has 0 bridgehead atoms. The highest BCUT2D eigenvalue weighted by molar-refractivity contribution is 5.94. The van der Waals surface area contributed by atoms with Gasteiger partial charge < -0.3 is 0 Å². The summed E-state index contributed by atoms with van der Waals surface area (Å²) < 4.78 is 25.8. The van der Waals surface area contributed by atoms with Crippen molar-refractivity contribution in [1.29, 1.82) is 0 Å². The molecular formula is C14H10F2N2O. The van der Waals surface area contributed by atoms with Gasteiger partial charge in [-0.2, -0.15) is 5.10 Å². The lowest BCUT2D eigenvalue weighted by Gasteiger charge is -1.99. The van der Waals surface area contributed by atoms with Crippen molar-refractivity contribution in [2.75, 3.05) is 0 Å². The largest absolute Gasteiger partial charge is 0.271 e. The lowest BCUT2D eigenvalue weighted by atomic mass is 10.2. The quantitative estimate of drug-likeness (QED) is 0.669. The highest BCUT2D eigenvalue weighted by atomic mass is 19.1. The van der Waals surface area contributed by atoms with E-state index in [1.54, 1.807) is 6.07 Å². The third-order valence-electron chi connectivity index (χ3n) is 2.32. The number of nitrogens with one attached hydrogen (secondary N) is 1. The second kappa shape index (κ2) is 5.86. The SMILES string of the molecule is O=C(N/N=C/c1cccc(F)c1)c1cccc(F)c1. The maximum absolute atomic E-state index is 12.9. The smallest absolute Gasteiger partial charge is 0.267 e. The molecule has 0 fully saturated rings. The molecule has 0 aliphatic heterocycles. The van der Waals surface area contributed by atoms with E-state index in [0.717, 1.165) is 6.07 Å². The first kappa shape index (κ1) is 12.9. The van der Waals surface area contributed by atoms with Gasteiger partial charge in [-0.1, -0.05) is 18.2 Å². The number of benzene rings is 2. The van der Waals surface area contributed by atoms with E-state index in [-0.39, 0.29) is 11.4 Å². The number of nitrogens with zero attached hydrogens (tertiary/aromatic N) is 1. The Balaban J connectivity index is 2.01. The van der Waals surface area contributed by atoms with Crippen LogP contribution in [0.2, 0.25) is 0 Å². The Kier molecular flexibility index (Phi) is 3.97. The molecule has 2 aromatic carbocycles. The van der Waals surface area contributed by atoms with Gasteiger partial charge in [-0.15, -0.1) is 0 Å². The number of halogens is 2. The standard InChI is InChI=1S/C14H10F2N2O/c15-12-5-1-3-10(7-12)9-17-18-14(19)11-4-2-6-13(16)8-11/h1-9H,(H,18,19)/b17-9+. The average molecular weight is 260 g/mol. The van der Waals surface area contributed by atoms with Crippen LogP contribution in [-0.4, -0.2) is 12.1 Å². The van der Waals surface area contributed by atoms with Crippen molar-refractivity contribution in [3.8, 4) is 0 Å². The van der Waals surface area contributed by atoms with Crippen molar-refractivity contribution in [1.82, 2.24) is 5.43 Å². The summed E-state index contributed by atoms with van der Waals surface area (Å²) in [5.41, 5.74) is 2.91. The molecule has 0 atom stereocenters. The van der Waals surface area contributed by atoms with Crippen LogP contribution in [0, 0.1) is 11.6 Å². The first-order chi connectivity index (χ1) is 9.15. The summed E-state index contributed by atoms with van der Waals surface area (Å²) in [4.78, 5) is 11.6. The Bertz CT molecular complexity index is 626. The molecule has 96 valence electrons. The van der Waals surface area contributed by atoms with Crippen LogP contribution in [-0.2, 0) is 0 Å². The summed E-state index contributed by atoms with van der Waals surface area (Å²) in [6.07, 6.45) is 1.31. The van der Waals surface area contributed by atoms with Gasteiger partial charge in [-0.3, -0.25) is 4.79 Å². The van der Waals surface area contributed by atoms with Crippen LogP contribution in [0.25, 0.3) is 0 Å². The summed E-state index contributed by atoms with van der Waals surface area (Å²) in [5.74, 6) is -1.42. The number of hydrogen-bond donors (Lipinski definition) is 1. The molecule has 2 rings (SSSR count). The normalized spacial score (nSPS) is 10.6. The fourth-order valence-electron chi connectivity index (χ4n) is 1.45. The molecule has 0 unspecified atom stereocenters. The number of rotatable bonds is 3. The molecule has 0 heterocycles. The van der Waals surface area contributed by atoms with Crippen molar-refractivity contribution in [2.45, 2.75) is 0 Å². The van der Waals surface area contributed by atoms with Crippen LogP contribution >= 0.6 is 0 Å². The van der Waals surface area contributed by atoms with Gasteiger partial charge in [-0.05, 0) is 35.9 Å². The number of carbonyl (C=O) groups excluding carboxylic acids is 1. The van der Waals surface area contributed by atoms with Crippen LogP contribution < -0.4 is 5.43 Å². The van der Waals surface area contributed by atoms with Crippen molar-refractivity contribution in [3.05, 3.63) is 71.3 Å². The first-order valence-electron chi connectivity index (χ1n) is 5.50. The van der Waals surface area contributed by atoms with Crippen LogP contribution in [0.1, 0.15) is 15.9 Å². The van der Waals surface area contributed by atoms with Gasteiger partial charge >= 0.3 is 0 Å². The number of amides is 1. The minimum atomic E-state index is -0.535. The van der Waals surface area contributed by atoms with E-state index >= 15 is 0 Å². The van der Waals surface area contributed by atoms with Crippen molar-refractivity contribution in [3.63, 3.8) is 0 Å². The Hall–Kier alpha value is -2.56. The predicted octanol–water partition coefficient (Wildman–Crippen LogP) is 2.73. The van der Waals surface area contributed by atoms with E-state index in [1.807, 2.05) is 0 Å². The van der Waals surface area contributed by atoms with Crippen molar-refractivity contribution in [2.24, 2.45) is 5.10 Å². The molecule has 0 saturated heterocycles. The van der Waals surface area contributed by atoms with Crippen LogP contribution in [0.15, 0.2) is 53.6 Å². The van der Waals surface area contributed by atoms with Gasteiger partial charge in [-0.25, -0.2) is 14.2 Å². The van der Waals surface area contributed by atoms with Crippen LogP contribution in [0.3, 0.4) is 0 Å². The maximum atomic E-state index is 12.9. The minimum Gasteiger partial charge on any atom is -0.267 e. The molecule has 0 spiro atoms. The fourth-order valence-corrected chi connectivity index (χ4v) is 1.45. The van der Waals surface area contributed by atoms with E-state index < -0.39 is 11.7 Å². The molecule has 0 aromatic heterocycles. The summed E-state index contributed by atoms with van der Waals surface area (Å²) in [7, 11) is 0. The molecule has 2 aromatic rings. The third-order valence-corrected chi connectivity index (χ3v) is 2.32.